The molecule has 21 heavy (non-hydrogen) atoms. The van der Waals surface area contributed by atoms with Crippen LogP contribution in [0.3, 0.4) is 0 Å². The lowest BCUT2D eigenvalue weighted by Crippen LogP contribution is -2.38. The third-order valence-corrected chi connectivity index (χ3v) is 3.40. The minimum Gasteiger partial charge on any atom is -0.379 e. The van der Waals surface area contributed by atoms with Gasteiger partial charge in [-0.25, -0.2) is 0 Å². The third kappa shape index (κ3) is 11.2. The number of nitrogens with zero attached hydrogens (tertiary/aromatic N) is 1. The maximum absolute atomic E-state index is 5.72. The molecule has 5 nitrogen and oxygen atoms in total. The van der Waals surface area contributed by atoms with Crippen molar-refractivity contribution in [3.63, 3.8) is 0 Å². The lowest BCUT2D eigenvalue weighted by Gasteiger charge is -2.13. The van der Waals surface area contributed by atoms with E-state index in [1.54, 1.807) is 0 Å². The summed E-state index contributed by atoms with van der Waals surface area (Å²) in [7, 11) is 1.81. The Hall–Kier alpha value is -0.0800. The summed E-state index contributed by atoms with van der Waals surface area (Å²) in [6, 6.07) is 0. The van der Waals surface area contributed by atoms with Crippen LogP contribution in [0.5, 0.6) is 0 Å². The van der Waals surface area contributed by atoms with Crippen molar-refractivity contribution in [3.8, 4) is 0 Å². The highest BCUT2D eigenvalue weighted by Crippen LogP contribution is 2.07. The topological polar surface area (TPSA) is 54.9 Å². The normalized spacial score (nSPS) is 18.4. The van der Waals surface area contributed by atoms with Crippen LogP contribution >= 0.6 is 24.0 Å². The van der Waals surface area contributed by atoms with Gasteiger partial charge in [0.15, 0.2) is 5.96 Å². The second-order valence-electron chi connectivity index (χ2n) is 5.20. The number of halogens is 1. The van der Waals surface area contributed by atoms with Gasteiger partial charge in [0, 0.05) is 33.4 Å². The summed E-state index contributed by atoms with van der Waals surface area (Å²) in [6.07, 6.45) is 7.43. The van der Waals surface area contributed by atoms with E-state index in [4.69, 9.17) is 9.47 Å². The Morgan fingerprint density at radius 1 is 1.19 bits per heavy atom. The molecule has 1 rings (SSSR count). The van der Waals surface area contributed by atoms with Gasteiger partial charge in [-0.2, -0.15) is 0 Å². The zero-order chi connectivity index (χ0) is 14.5. The van der Waals surface area contributed by atoms with Crippen molar-refractivity contribution in [3.05, 3.63) is 0 Å². The summed E-state index contributed by atoms with van der Waals surface area (Å²) in [5, 5.41) is 6.65. The van der Waals surface area contributed by atoms with E-state index in [-0.39, 0.29) is 24.0 Å². The van der Waals surface area contributed by atoms with E-state index in [0.29, 0.717) is 6.10 Å². The van der Waals surface area contributed by atoms with Gasteiger partial charge in [-0.15, -0.1) is 24.0 Å². The highest BCUT2D eigenvalue weighted by Gasteiger charge is 2.15. The fraction of sp³-hybridized carbons (Fsp3) is 0.933. The van der Waals surface area contributed by atoms with Crippen LogP contribution in [0.4, 0.5) is 0 Å². The summed E-state index contributed by atoms with van der Waals surface area (Å²) in [4.78, 5) is 4.21. The predicted octanol–water partition coefficient (Wildman–Crippen LogP) is 2.55. The van der Waals surface area contributed by atoms with Crippen molar-refractivity contribution in [2.45, 2.75) is 51.6 Å². The number of hydrogen-bond donors (Lipinski definition) is 2. The quantitative estimate of drug-likeness (QED) is 0.250. The molecule has 0 spiro atoms. The van der Waals surface area contributed by atoms with Crippen LogP contribution in [0.1, 0.15) is 45.4 Å². The number of ether oxygens (including phenoxy) is 2. The van der Waals surface area contributed by atoms with Gasteiger partial charge >= 0.3 is 0 Å². The average molecular weight is 413 g/mol. The molecule has 126 valence electrons. The van der Waals surface area contributed by atoms with Crippen molar-refractivity contribution in [1.29, 1.82) is 0 Å². The monoisotopic (exact) mass is 413 g/mol. The molecular weight excluding hydrogens is 381 g/mol. The molecular formula is C15H32IN3O2. The fourth-order valence-corrected chi connectivity index (χ4v) is 2.15. The maximum atomic E-state index is 5.72. The van der Waals surface area contributed by atoms with E-state index in [0.717, 1.165) is 51.7 Å². The minimum atomic E-state index is 0. The second-order valence-corrected chi connectivity index (χ2v) is 5.20. The number of rotatable bonds is 10. The van der Waals surface area contributed by atoms with Crippen molar-refractivity contribution in [1.82, 2.24) is 10.6 Å². The molecule has 1 atom stereocenters. The summed E-state index contributed by atoms with van der Waals surface area (Å²) in [5.74, 6) is 0.894. The molecule has 0 aromatic carbocycles. The fourth-order valence-electron chi connectivity index (χ4n) is 2.15. The number of hydrogen-bond acceptors (Lipinski definition) is 3. The zero-order valence-corrected chi connectivity index (χ0v) is 15.9. The molecule has 0 aliphatic carbocycles. The van der Waals surface area contributed by atoms with Crippen LogP contribution < -0.4 is 10.6 Å². The highest BCUT2D eigenvalue weighted by atomic mass is 127. The predicted molar refractivity (Wildman–Crippen MR) is 98.7 cm³/mol. The smallest absolute Gasteiger partial charge is 0.190 e. The molecule has 2 N–H and O–H groups in total. The van der Waals surface area contributed by atoms with E-state index in [1.165, 1.54) is 25.7 Å². The van der Waals surface area contributed by atoms with Gasteiger partial charge in [-0.05, 0) is 19.3 Å². The molecule has 0 bridgehead atoms. The van der Waals surface area contributed by atoms with Gasteiger partial charge in [0.05, 0.1) is 12.7 Å². The Morgan fingerprint density at radius 2 is 1.95 bits per heavy atom. The van der Waals surface area contributed by atoms with Crippen molar-refractivity contribution in [2.75, 3.05) is 40.0 Å². The molecule has 1 fully saturated rings. The van der Waals surface area contributed by atoms with Crippen molar-refractivity contribution in [2.24, 2.45) is 4.99 Å². The molecule has 0 aromatic rings. The first kappa shape index (κ1) is 20.9. The van der Waals surface area contributed by atoms with Crippen molar-refractivity contribution >= 4 is 29.9 Å². The molecule has 6 heteroatoms. The third-order valence-electron chi connectivity index (χ3n) is 3.40. The van der Waals surface area contributed by atoms with Gasteiger partial charge in [-0.1, -0.05) is 26.2 Å². The van der Waals surface area contributed by atoms with E-state index in [1.807, 2.05) is 7.05 Å². The molecule has 1 aliphatic rings. The van der Waals surface area contributed by atoms with Gasteiger partial charge in [0.1, 0.15) is 0 Å². The van der Waals surface area contributed by atoms with E-state index in [9.17, 15) is 0 Å². The first-order valence-electron chi connectivity index (χ1n) is 8.00. The van der Waals surface area contributed by atoms with Gasteiger partial charge < -0.3 is 20.1 Å². The molecule has 0 aromatic heterocycles. The summed E-state index contributed by atoms with van der Waals surface area (Å²) >= 11 is 0. The lowest BCUT2D eigenvalue weighted by molar-refractivity contribution is 0.0420. The number of aliphatic imine (C=N–C) groups is 1. The Bertz CT molecular complexity index is 259. The number of unbranched alkanes of at least 4 members (excludes halogenated alkanes) is 3. The lowest BCUT2D eigenvalue weighted by atomic mass is 10.2. The van der Waals surface area contributed by atoms with Gasteiger partial charge in [-0.3, -0.25) is 4.99 Å². The Balaban J connectivity index is 0.00000400. The van der Waals surface area contributed by atoms with Gasteiger partial charge in [0.25, 0.3) is 0 Å². The Labute approximate surface area is 146 Å². The van der Waals surface area contributed by atoms with Crippen LogP contribution in [0.25, 0.3) is 0 Å². The number of guanidine groups is 1. The van der Waals surface area contributed by atoms with Crippen LogP contribution in [-0.4, -0.2) is 52.0 Å². The molecule has 1 unspecified atom stereocenters. The van der Waals surface area contributed by atoms with Crippen molar-refractivity contribution < 1.29 is 9.47 Å². The van der Waals surface area contributed by atoms with E-state index >= 15 is 0 Å². The molecule has 1 aliphatic heterocycles. The molecule has 0 radical (unpaired) electrons. The highest BCUT2D eigenvalue weighted by molar-refractivity contribution is 14.0. The summed E-state index contributed by atoms with van der Waals surface area (Å²) in [5.41, 5.74) is 0. The molecule has 0 saturated carbocycles. The molecule has 0 amide bonds. The first-order chi connectivity index (χ1) is 9.86. The average Bonchev–Trinajstić information content (AvgIpc) is 2.97. The van der Waals surface area contributed by atoms with E-state index in [2.05, 4.69) is 22.5 Å². The molecule has 1 heterocycles. The number of nitrogens with one attached hydrogen (secondary N) is 2. The standard InChI is InChI=1S/C15H31N3O2.HI/c1-3-4-5-6-9-17-15(16-2)18-10-7-11-20-14-8-12-19-13-14;/h14H,3-13H2,1-2H3,(H2,16,17,18);1H. The molecule has 1 saturated heterocycles. The van der Waals surface area contributed by atoms with Crippen LogP contribution in [0.15, 0.2) is 4.99 Å². The van der Waals surface area contributed by atoms with Gasteiger partial charge in [0.2, 0.25) is 0 Å². The maximum Gasteiger partial charge on any atom is 0.190 e. The Kier molecular flexibility index (Phi) is 14.8. The van der Waals surface area contributed by atoms with E-state index < -0.39 is 0 Å². The largest absolute Gasteiger partial charge is 0.379 e. The van der Waals surface area contributed by atoms with Crippen LogP contribution in [0, 0.1) is 0 Å². The second kappa shape index (κ2) is 14.8. The van der Waals surface area contributed by atoms with Crippen LogP contribution in [0.2, 0.25) is 0 Å². The van der Waals surface area contributed by atoms with Crippen LogP contribution in [-0.2, 0) is 9.47 Å². The SMILES string of the molecule is CCCCCCNC(=NC)NCCCOC1CCOC1.I. The Morgan fingerprint density at radius 3 is 2.57 bits per heavy atom. The first-order valence-corrected chi connectivity index (χ1v) is 8.00. The summed E-state index contributed by atoms with van der Waals surface area (Å²) < 4.78 is 11.0. The minimum absolute atomic E-state index is 0. The summed E-state index contributed by atoms with van der Waals surface area (Å²) in [6.45, 7) is 6.51. The zero-order valence-electron chi connectivity index (χ0n) is 13.5.